The Hall–Kier alpha value is -2.94. The topological polar surface area (TPSA) is 76.2 Å². The molecule has 5 rings (SSSR count). The fraction of sp³-hybridized carbons (Fsp3) is 0.348. The molecule has 0 unspecified atom stereocenters. The van der Waals surface area contributed by atoms with Gasteiger partial charge in [0.1, 0.15) is 17.1 Å². The van der Waals surface area contributed by atoms with Crippen LogP contribution in [-0.2, 0) is 14.3 Å². The lowest BCUT2D eigenvalue weighted by atomic mass is 9.77. The number of imide groups is 1. The Morgan fingerprint density at radius 2 is 2.06 bits per heavy atom. The Balaban J connectivity index is 1.70. The number of benzene rings is 2. The van der Waals surface area contributed by atoms with Crippen LogP contribution in [0.4, 0.5) is 14.9 Å². The number of nitrogens with zero attached hydrogens (tertiary/aromatic N) is 2. The highest BCUT2D eigenvalue weighted by atomic mass is 79.9. The van der Waals surface area contributed by atoms with Crippen LogP contribution in [0, 0.1) is 17.7 Å². The minimum absolute atomic E-state index is 0.122. The van der Waals surface area contributed by atoms with Crippen molar-refractivity contribution in [3.05, 3.63) is 58.3 Å². The zero-order chi connectivity index (χ0) is 22.8. The number of carbonyl (C=O) groups is 3. The molecule has 3 heterocycles. The van der Waals surface area contributed by atoms with Crippen molar-refractivity contribution in [1.82, 2.24) is 4.90 Å². The number of fused-ring (bicyclic) bond motifs is 5. The Morgan fingerprint density at radius 3 is 2.78 bits per heavy atom. The SMILES string of the molecule is CCOC(=O)[C@@H]1[C@H]2COc3ccc(Br)cc3[C@@H]2N2C(=O)N(c3cccc(F)c3)C(=O)[C@@]12C. The summed E-state index contributed by atoms with van der Waals surface area (Å²) in [5.41, 5.74) is -0.676. The lowest BCUT2D eigenvalue weighted by Crippen LogP contribution is -2.51. The second-order valence-electron chi connectivity index (χ2n) is 8.25. The molecular weight excluding hydrogens is 483 g/mol. The van der Waals surface area contributed by atoms with Crippen molar-refractivity contribution in [3.63, 3.8) is 0 Å². The van der Waals surface area contributed by atoms with Crippen molar-refractivity contribution >= 4 is 39.5 Å². The van der Waals surface area contributed by atoms with Crippen LogP contribution in [0.15, 0.2) is 46.9 Å². The average Bonchev–Trinajstić information content (AvgIpc) is 3.13. The van der Waals surface area contributed by atoms with E-state index in [-0.39, 0.29) is 18.9 Å². The molecule has 0 spiro atoms. The van der Waals surface area contributed by atoms with Crippen molar-refractivity contribution < 1.29 is 28.2 Å². The van der Waals surface area contributed by atoms with Crippen LogP contribution in [0.2, 0.25) is 0 Å². The van der Waals surface area contributed by atoms with Crippen molar-refractivity contribution in [2.24, 2.45) is 11.8 Å². The van der Waals surface area contributed by atoms with E-state index in [2.05, 4.69) is 15.9 Å². The van der Waals surface area contributed by atoms with Crippen molar-refractivity contribution in [2.45, 2.75) is 25.4 Å². The van der Waals surface area contributed by atoms with Gasteiger partial charge in [0.2, 0.25) is 0 Å². The minimum atomic E-state index is -1.50. The van der Waals surface area contributed by atoms with Gasteiger partial charge in [-0.05, 0) is 50.2 Å². The van der Waals surface area contributed by atoms with Crippen LogP contribution in [-0.4, -0.2) is 41.6 Å². The summed E-state index contributed by atoms with van der Waals surface area (Å²) in [4.78, 5) is 43.0. The van der Waals surface area contributed by atoms with Gasteiger partial charge in [-0.2, -0.15) is 0 Å². The third-order valence-corrected chi connectivity index (χ3v) is 7.07. The number of anilines is 1. The first-order valence-corrected chi connectivity index (χ1v) is 11.1. The quantitative estimate of drug-likeness (QED) is 0.467. The molecule has 7 nitrogen and oxygen atoms in total. The lowest BCUT2D eigenvalue weighted by Gasteiger charge is -2.34. The Kier molecular flexibility index (Phi) is 4.77. The molecule has 0 bridgehead atoms. The molecule has 0 aromatic heterocycles. The highest BCUT2D eigenvalue weighted by Crippen LogP contribution is 2.58. The van der Waals surface area contributed by atoms with E-state index < -0.39 is 47.1 Å². The van der Waals surface area contributed by atoms with Gasteiger partial charge < -0.3 is 14.4 Å². The first-order chi connectivity index (χ1) is 15.3. The van der Waals surface area contributed by atoms with Gasteiger partial charge in [-0.15, -0.1) is 0 Å². The van der Waals surface area contributed by atoms with Crippen LogP contribution in [0.1, 0.15) is 25.5 Å². The van der Waals surface area contributed by atoms with Crippen molar-refractivity contribution in [1.29, 1.82) is 0 Å². The molecule has 2 aromatic carbocycles. The van der Waals surface area contributed by atoms with E-state index in [0.29, 0.717) is 11.3 Å². The Bertz CT molecular complexity index is 1160. The van der Waals surface area contributed by atoms with Gasteiger partial charge in [-0.1, -0.05) is 22.0 Å². The average molecular weight is 503 g/mol. The van der Waals surface area contributed by atoms with E-state index >= 15 is 0 Å². The fourth-order valence-corrected chi connectivity index (χ4v) is 5.69. The predicted octanol–water partition coefficient (Wildman–Crippen LogP) is 4.06. The van der Waals surface area contributed by atoms with Gasteiger partial charge in [-0.3, -0.25) is 9.59 Å². The number of carbonyl (C=O) groups excluding carboxylic acids is 3. The number of halogens is 2. The van der Waals surface area contributed by atoms with Gasteiger partial charge >= 0.3 is 12.0 Å². The number of esters is 1. The van der Waals surface area contributed by atoms with Gasteiger partial charge in [0, 0.05) is 16.0 Å². The largest absolute Gasteiger partial charge is 0.493 e. The summed E-state index contributed by atoms with van der Waals surface area (Å²) in [5.74, 6) is -2.53. The summed E-state index contributed by atoms with van der Waals surface area (Å²) >= 11 is 3.46. The Morgan fingerprint density at radius 1 is 1.28 bits per heavy atom. The molecule has 2 aromatic rings. The number of hydrogen-bond donors (Lipinski definition) is 0. The van der Waals surface area contributed by atoms with E-state index in [1.807, 2.05) is 12.1 Å². The lowest BCUT2D eigenvalue weighted by molar-refractivity contribution is -0.154. The highest BCUT2D eigenvalue weighted by molar-refractivity contribution is 9.10. The fourth-order valence-electron chi connectivity index (χ4n) is 5.31. The predicted molar refractivity (Wildman–Crippen MR) is 116 cm³/mol. The molecule has 0 N–H and O–H groups in total. The van der Waals surface area contributed by atoms with Crippen LogP contribution < -0.4 is 9.64 Å². The van der Waals surface area contributed by atoms with Crippen LogP contribution in [0.5, 0.6) is 5.75 Å². The third-order valence-electron chi connectivity index (χ3n) is 6.58. The molecule has 32 heavy (non-hydrogen) atoms. The Labute approximate surface area is 192 Å². The molecule has 3 aliphatic rings. The molecule has 2 saturated heterocycles. The van der Waals surface area contributed by atoms with Gasteiger partial charge in [0.25, 0.3) is 5.91 Å². The number of amides is 3. The number of hydrogen-bond acceptors (Lipinski definition) is 5. The van der Waals surface area contributed by atoms with Crippen LogP contribution >= 0.6 is 15.9 Å². The van der Waals surface area contributed by atoms with Gasteiger partial charge in [0.05, 0.1) is 30.9 Å². The smallest absolute Gasteiger partial charge is 0.332 e. The first-order valence-electron chi connectivity index (χ1n) is 10.3. The molecule has 3 aliphatic heterocycles. The summed E-state index contributed by atoms with van der Waals surface area (Å²) in [5, 5.41) is 0. The maximum Gasteiger partial charge on any atom is 0.332 e. The van der Waals surface area contributed by atoms with Crippen molar-refractivity contribution in [3.8, 4) is 5.75 Å². The summed E-state index contributed by atoms with van der Waals surface area (Å²) in [6.45, 7) is 3.58. The van der Waals surface area contributed by atoms with Crippen molar-refractivity contribution in [2.75, 3.05) is 18.1 Å². The molecular formula is C23H20BrFN2O5. The van der Waals surface area contributed by atoms with Crippen LogP contribution in [0.3, 0.4) is 0 Å². The first kappa shape index (κ1) is 20.9. The zero-order valence-electron chi connectivity index (χ0n) is 17.4. The maximum atomic E-state index is 13.9. The highest BCUT2D eigenvalue weighted by Gasteiger charge is 2.72. The molecule has 0 aliphatic carbocycles. The van der Waals surface area contributed by atoms with Crippen LogP contribution in [0.25, 0.3) is 0 Å². The van der Waals surface area contributed by atoms with E-state index in [4.69, 9.17) is 9.47 Å². The number of ether oxygens (including phenoxy) is 2. The zero-order valence-corrected chi connectivity index (χ0v) is 19.0. The second kappa shape index (κ2) is 7.30. The number of rotatable bonds is 3. The molecule has 0 saturated carbocycles. The number of urea groups is 1. The third kappa shape index (κ3) is 2.73. The summed E-state index contributed by atoms with van der Waals surface area (Å²) in [6, 6.07) is 9.57. The maximum absolute atomic E-state index is 13.9. The molecule has 3 amide bonds. The van der Waals surface area contributed by atoms with E-state index in [1.54, 1.807) is 19.9 Å². The molecule has 9 heteroatoms. The molecule has 0 radical (unpaired) electrons. The summed E-state index contributed by atoms with van der Waals surface area (Å²) in [6.07, 6.45) is 0. The van der Waals surface area contributed by atoms with E-state index in [0.717, 1.165) is 15.4 Å². The van der Waals surface area contributed by atoms with Gasteiger partial charge in [-0.25, -0.2) is 14.1 Å². The standard InChI is InChI=1S/C23H20BrFN2O5/c1-3-31-20(28)18-16-11-32-17-8-7-12(24)9-15(17)19(16)27-22(30)26(21(29)23(18,27)2)14-6-4-5-13(25)10-14/h4-10,16,18-19H,3,11H2,1-2H3/t16-,18+,19+,23-/m1/s1. The molecule has 2 fully saturated rings. The summed E-state index contributed by atoms with van der Waals surface area (Å²) in [7, 11) is 0. The minimum Gasteiger partial charge on any atom is -0.493 e. The van der Waals surface area contributed by atoms with E-state index in [1.165, 1.54) is 23.1 Å². The second-order valence-corrected chi connectivity index (χ2v) is 9.17. The van der Waals surface area contributed by atoms with E-state index in [9.17, 15) is 18.8 Å². The van der Waals surface area contributed by atoms with Gasteiger partial charge in [0.15, 0.2) is 0 Å². The monoisotopic (exact) mass is 502 g/mol. The summed E-state index contributed by atoms with van der Waals surface area (Å²) < 4.78 is 25.9. The normalized spacial score (nSPS) is 28.2. The molecule has 4 atom stereocenters. The molecule has 166 valence electrons.